The minimum absolute atomic E-state index is 0.166. The first kappa shape index (κ1) is 17.1. The fraction of sp³-hybridized carbons (Fsp3) is 0.350. The van der Waals surface area contributed by atoms with Gasteiger partial charge < -0.3 is 9.84 Å². The van der Waals surface area contributed by atoms with Crippen molar-refractivity contribution >= 4 is 5.97 Å². The third-order valence-electron chi connectivity index (χ3n) is 4.21. The van der Waals surface area contributed by atoms with E-state index in [1.54, 1.807) is 6.92 Å². The summed E-state index contributed by atoms with van der Waals surface area (Å²) in [5.74, 6) is -0.0593. The van der Waals surface area contributed by atoms with Crippen LogP contribution in [0, 0.1) is 19.3 Å². The number of aryl methyl sites for hydroxylation is 3. The van der Waals surface area contributed by atoms with E-state index in [1.807, 2.05) is 62.4 Å². The number of rotatable bonds is 7. The molecule has 0 amide bonds. The summed E-state index contributed by atoms with van der Waals surface area (Å²) in [6, 6.07) is 15.9. The summed E-state index contributed by atoms with van der Waals surface area (Å²) >= 11 is 0. The van der Waals surface area contributed by atoms with Gasteiger partial charge >= 0.3 is 5.97 Å². The van der Waals surface area contributed by atoms with Crippen molar-refractivity contribution < 1.29 is 14.6 Å². The highest BCUT2D eigenvalue weighted by Gasteiger charge is 2.34. The predicted molar refractivity (Wildman–Crippen MR) is 91.9 cm³/mol. The maximum Gasteiger partial charge on any atom is 0.312 e. The lowest BCUT2D eigenvalue weighted by Gasteiger charge is -2.25. The average Bonchev–Trinajstić information content (AvgIpc) is 2.54. The van der Waals surface area contributed by atoms with Gasteiger partial charge in [0.05, 0.1) is 5.41 Å². The van der Waals surface area contributed by atoms with Gasteiger partial charge in [0.2, 0.25) is 0 Å². The molecule has 0 radical (unpaired) electrons. The van der Waals surface area contributed by atoms with Crippen molar-refractivity contribution in [2.75, 3.05) is 6.61 Å². The summed E-state index contributed by atoms with van der Waals surface area (Å²) < 4.78 is 5.85. The lowest BCUT2D eigenvalue weighted by molar-refractivity contribution is -0.150. The third-order valence-corrected chi connectivity index (χ3v) is 4.21. The highest BCUT2D eigenvalue weighted by Crippen LogP contribution is 2.27. The van der Waals surface area contributed by atoms with Crippen LogP contribution in [0.4, 0.5) is 0 Å². The van der Waals surface area contributed by atoms with Crippen LogP contribution in [0.15, 0.2) is 48.5 Å². The standard InChI is InChI=1S/C20H24O3/c1-15-9-10-16(2)18(13-15)23-14-20(3,19(21)22)12-11-17-7-5-4-6-8-17/h4-10,13H,11-12,14H2,1-3H3,(H,21,22). The van der Waals surface area contributed by atoms with Crippen molar-refractivity contribution in [3.63, 3.8) is 0 Å². The van der Waals surface area contributed by atoms with E-state index >= 15 is 0 Å². The Morgan fingerprint density at radius 3 is 2.48 bits per heavy atom. The zero-order chi connectivity index (χ0) is 16.9. The molecule has 0 aliphatic carbocycles. The van der Waals surface area contributed by atoms with E-state index in [-0.39, 0.29) is 6.61 Å². The molecule has 1 atom stereocenters. The summed E-state index contributed by atoms with van der Waals surface area (Å²) in [5.41, 5.74) is 2.36. The molecule has 2 rings (SSSR count). The number of ether oxygens (including phenoxy) is 1. The number of carboxylic acids is 1. The molecule has 0 aliphatic rings. The molecule has 23 heavy (non-hydrogen) atoms. The van der Waals surface area contributed by atoms with Gasteiger partial charge in [-0.1, -0.05) is 42.5 Å². The number of carbonyl (C=O) groups is 1. The normalized spacial score (nSPS) is 13.3. The molecule has 0 bridgehead atoms. The number of hydrogen-bond acceptors (Lipinski definition) is 2. The van der Waals surface area contributed by atoms with Crippen LogP contribution < -0.4 is 4.74 Å². The molecule has 2 aromatic carbocycles. The van der Waals surface area contributed by atoms with Gasteiger partial charge in [-0.2, -0.15) is 0 Å². The van der Waals surface area contributed by atoms with Gasteiger partial charge in [0.1, 0.15) is 12.4 Å². The van der Waals surface area contributed by atoms with E-state index < -0.39 is 11.4 Å². The fourth-order valence-corrected chi connectivity index (χ4v) is 2.41. The van der Waals surface area contributed by atoms with E-state index in [0.717, 1.165) is 28.9 Å². The van der Waals surface area contributed by atoms with Gasteiger partial charge in [0, 0.05) is 0 Å². The van der Waals surface area contributed by atoms with Crippen molar-refractivity contribution in [1.82, 2.24) is 0 Å². The summed E-state index contributed by atoms with van der Waals surface area (Å²) in [4.78, 5) is 11.7. The largest absolute Gasteiger partial charge is 0.492 e. The fourth-order valence-electron chi connectivity index (χ4n) is 2.41. The summed E-state index contributed by atoms with van der Waals surface area (Å²) in [6.45, 7) is 5.89. The summed E-state index contributed by atoms with van der Waals surface area (Å²) in [7, 11) is 0. The lowest BCUT2D eigenvalue weighted by atomic mass is 9.85. The Morgan fingerprint density at radius 1 is 1.13 bits per heavy atom. The van der Waals surface area contributed by atoms with Gasteiger partial charge in [0.15, 0.2) is 0 Å². The molecule has 0 aromatic heterocycles. The average molecular weight is 312 g/mol. The SMILES string of the molecule is Cc1ccc(C)c(OCC(C)(CCc2ccccc2)C(=O)O)c1. The van der Waals surface area contributed by atoms with Gasteiger partial charge in [0.25, 0.3) is 0 Å². The van der Waals surface area contributed by atoms with Crippen molar-refractivity contribution in [1.29, 1.82) is 0 Å². The molecule has 0 fully saturated rings. The molecule has 3 heteroatoms. The van der Waals surface area contributed by atoms with Crippen molar-refractivity contribution in [3.05, 3.63) is 65.2 Å². The molecular weight excluding hydrogens is 288 g/mol. The van der Waals surface area contributed by atoms with Crippen LogP contribution in [0.3, 0.4) is 0 Å². The van der Waals surface area contributed by atoms with Gasteiger partial charge in [-0.3, -0.25) is 4.79 Å². The van der Waals surface area contributed by atoms with Gasteiger partial charge in [-0.15, -0.1) is 0 Å². The quantitative estimate of drug-likeness (QED) is 0.824. The topological polar surface area (TPSA) is 46.5 Å². The molecule has 0 saturated carbocycles. The molecule has 0 spiro atoms. The van der Waals surface area contributed by atoms with Crippen LogP contribution in [0.2, 0.25) is 0 Å². The Balaban J connectivity index is 2.05. The van der Waals surface area contributed by atoms with E-state index in [0.29, 0.717) is 6.42 Å². The van der Waals surface area contributed by atoms with Crippen molar-refractivity contribution in [2.45, 2.75) is 33.6 Å². The zero-order valence-corrected chi connectivity index (χ0v) is 14.0. The smallest absolute Gasteiger partial charge is 0.312 e. The molecular formula is C20H24O3. The molecule has 0 heterocycles. The molecule has 1 unspecified atom stereocenters. The number of benzene rings is 2. The maximum atomic E-state index is 11.7. The van der Waals surface area contributed by atoms with E-state index in [1.165, 1.54) is 0 Å². The second-order valence-electron chi connectivity index (χ2n) is 6.41. The molecule has 0 aliphatic heterocycles. The van der Waals surface area contributed by atoms with Crippen LogP contribution in [0.1, 0.15) is 30.0 Å². The van der Waals surface area contributed by atoms with Crippen molar-refractivity contribution in [2.24, 2.45) is 5.41 Å². The highest BCUT2D eigenvalue weighted by molar-refractivity contribution is 5.74. The van der Waals surface area contributed by atoms with Crippen LogP contribution in [0.5, 0.6) is 5.75 Å². The van der Waals surface area contributed by atoms with E-state index in [4.69, 9.17) is 4.74 Å². The maximum absolute atomic E-state index is 11.7. The third kappa shape index (κ3) is 4.59. The Bertz CT molecular complexity index is 664. The lowest BCUT2D eigenvalue weighted by Crippen LogP contribution is -2.34. The van der Waals surface area contributed by atoms with E-state index in [2.05, 4.69) is 0 Å². The minimum Gasteiger partial charge on any atom is -0.492 e. The Labute approximate surface area is 137 Å². The number of hydrogen-bond donors (Lipinski definition) is 1. The van der Waals surface area contributed by atoms with Crippen molar-refractivity contribution in [3.8, 4) is 5.75 Å². The summed E-state index contributed by atoms with van der Waals surface area (Å²) in [6.07, 6.45) is 1.26. The van der Waals surface area contributed by atoms with E-state index in [9.17, 15) is 9.90 Å². The monoisotopic (exact) mass is 312 g/mol. The molecule has 0 saturated heterocycles. The Kier molecular flexibility index (Phi) is 5.43. The minimum atomic E-state index is -0.911. The highest BCUT2D eigenvalue weighted by atomic mass is 16.5. The molecule has 1 N–H and O–H groups in total. The molecule has 122 valence electrons. The second-order valence-corrected chi connectivity index (χ2v) is 6.41. The van der Waals surface area contributed by atoms with Gasteiger partial charge in [-0.05, 0) is 56.4 Å². The second kappa shape index (κ2) is 7.32. The first-order chi connectivity index (χ1) is 10.9. The number of carboxylic acid groups (broad SMARTS) is 1. The molecule has 2 aromatic rings. The summed E-state index contributed by atoms with van der Waals surface area (Å²) in [5, 5.41) is 9.63. The van der Waals surface area contributed by atoms with Crippen LogP contribution in [-0.4, -0.2) is 17.7 Å². The van der Waals surface area contributed by atoms with Gasteiger partial charge in [-0.25, -0.2) is 0 Å². The molecule has 3 nitrogen and oxygen atoms in total. The van der Waals surface area contributed by atoms with Crippen LogP contribution >= 0.6 is 0 Å². The first-order valence-electron chi connectivity index (χ1n) is 7.88. The number of aliphatic carboxylic acids is 1. The first-order valence-corrected chi connectivity index (χ1v) is 7.88. The van der Waals surface area contributed by atoms with Crippen LogP contribution in [0.25, 0.3) is 0 Å². The van der Waals surface area contributed by atoms with Crippen LogP contribution in [-0.2, 0) is 11.2 Å². The predicted octanol–water partition coefficient (Wildman–Crippen LogP) is 4.41. The zero-order valence-electron chi connectivity index (χ0n) is 14.0. The Morgan fingerprint density at radius 2 is 1.83 bits per heavy atom. The Hall–Kier alpha value is -2.29.